The molecule has 1 rings (SSSR count). The van der Waals surface area contributed by atoms with E-state index in [1.54, 1.807) is 0 Å². The normalized spacial score (nSPS) is 9.00. The standard InChI is InChI=1S/C11H10N2O4/c1-17-9-5-6-10(13(15)16)8(7-9)3-2-4-11(12)14/h5-7H,4H2,1H3,(H2,12,14). The highest BCUT2D eigenvalue weighted by atomic mass is 16.6. The van der Waals surface area contributed by atoms with Gasteiger partial charge in [-0.1, -0.05) is 11.8 Å². The minimum atomic E-state index is -0.581. The molecule has 2 N–H and O–H groups in total. The molecule has 0 spiro atoms. The number of nitrogens with two attached hydrogens (primary N) is 1. The number of hydrogen-bond donors (Lipinski definition) is 1. The summed E-state index contributed by atoms with van der Waals surface area (Å²) in [6.45, 7) is 0. The second-order valence-corrected chi connectivity index (χ2v) is 3.09. The first-order valence-electron chi connectivity index (χ1n) is 4.64. The largest absolute Gasteiger partial charge is 0.497 e. The molecular formula is C11H10N2O4. The van der Waals surface area contributed by atoms with Crippen LogP contribution in [0.2, 0.25) is 0 Å². The summed E-state index contributed by atoms with van der Waals surface area (Å²) >= 11 is 0. The van der Waals surface area contributed by atoms with E-state index in [1.807, 2.05) is 0 Å². The summed E-state index contributed by atoms with van der Waals surface area (Å²) in [5, 5.41) is 10.7. The van der Waals surface area contributed by atoms with Gasteiger partial charge in [0.25, 0.3) is 5.69 Å². The van der Waals surface area contributed by atoms with Crippen LogP contribution in [0.15, 0.2) is 18.2 Å². The maximum absolute atomic E-state index is 10.7. The predicted octanol–water partition coefficient (Wildman–Crippen LogP) is 0.830. The van der Waals surface area contributed by atoms with Crippen LogP contribution in [0, 0.1) is 22.0 Å². The Balaban J connectivity index is 3.12. The zero-order valence-electron chi connectivity index (χ0n) is 9.10. The van der Waals surface area contributed by atoms with Crippen LogP contribution in [-0.2, 0) is 4.79 Å². The number of carbonyl (C=O) groups is 1. The summed E-state index contributed by atoms with van der Waals surface area (Å²) in [6.07, 6.45) is -0.144. The van der Waals surface area contributed by atoms with Gasteiger partial charge in [-0.3, -0.25) is 14.9 Å². The van der Waals surface area contributed by atoms with Crippen LogP contribution in [0.25, 0.3) is 0 Å². The second-order valence-electron chi connectivity index (χ2n) is 3.09. The number of rotatable bonds is 3. The minimum absolute atomic E-state index is 0.136. The quantitative estimate of drug-likeness (QED) is 0.476. The van der Waals surface area contributed by atoms with Crippen LogP contribution >= 0.6 is 0 Å². The van der Waals surface area contributed by atoms with Crippen molar-refractivity contribution in [2.45, 2.75) is 6.42 Å². The molecule has 17 heavy (non-hydrogen) atoms. The molecule has 1 aromatic carbocycles. The molecule has 0 unspecified atom stereocenters. The Morgan fingerprint density at radius 3 is 2.82 bits per heavy atom. The Morgan fingerprint density at radius 2 is 2.29 bits per heavy atom. The fourth-order valence-electron chi connectivity index (χ4n) is 1.13. The summed E-state index contributed by atoms with van der Waals surface area (Å²) in [4.78, 5) is 20.7. The molecular weight excluding hydrogens is 224 g/mol. The van der Waals surface area contributed by atoms with Gasteiger partial charge in [-0.2, -0.15) is 0 Å². The van der Waals surface area contributed by atoms with Crippen LogP contribution < -0.4 is 10.5 Å². The number of ether oxygens (including phenoxy) is 1. The van der Waals surface area contributed by atoms with E-state index < -0.39 is 10.8 Å². The van der Waals surface area contributed by atoms with Crippen molar-refractivity contribution >= 4 is 11.6 Å². The van der Waals surface area contributed by atoms with Gasteiger partial charge < -0.3 is 10.5 Å². The summed E-state index contributed by atoms with van der Waals surface area (Å²) < 4.78 is 4.94. The monoisotopic (exact) mass is 234 g/mol. The maximum atomic E-state index is 10.7. The van der Waals surface area contributed by atoms with Crippen molar-refractivity contribution in [3.63, 3.8) is 0 Å². The maximum Gasteiger partial charge on any atom is 0.285 e. The molecule has 0 aliphatic rings. The molecule has 0 bridgehead atoms. The van der Waals surface area contributed by atoms with E-state index in [1.165, 1.54) is 25.3 Å². The topological polar surface area (TPSA) is 95.5 Å². The zero-order chi connectivity index (χ0) is 12.8. The molecule has 0 heterocycles. The number of methoxy groups -OCH3 is 1. The summed E-state index contributed by atoms with van der Waals surface area (Å²) in [6, 6.07) is 4.20. The Hall–Kier alpha value is -2.55. The molecule has 0 saturated heterocycles. The molecule has 0 fully saturated rings. The SMILES string of the molecule is COc1ccc([N+](=O)[O-])c(C#CCC(N)=O)c1. The molecule has 1 aromatic rings. The molecule has 0 aromatic heterocycles. The number of nitro benzene ring substituents is 1. The van der Waals surface area contributed by atoms with Crippen molar-refractivity contribution in [3.05, 3.63) is 33.9 Å². The van der Waals surface area contributed by atoms with Gasteiger partial charge in [0.15, 0.2) is 0 Å². The second kappa shape index (κ2) is 5.51. The number of nitrogens with zero attached hydrogens (tertiary/aromatic N) is 1. The fraction of sp³-hybridized carbons (Fsp3) is 0.182. The third-order valence-corrected chi connectivity index (χ3v) is 1.89. The van der Waals surface area contributed by atoms with E-state index in [0.29, 0.717) is 5.75 Å². The number of benzene rings is 1. The van der Waals surface area contributed by atoms with Crippen LogP contribution in [0.3, 0.4) is 0 Å². The van der Waals surface area contributed by atoms with Crippen molar-refractivity contribution in [1.29, 1.82) is 0 Å². The van der Waals surface area contributed by atoms with Gasteiger partial charge in [-0.25, -0.2) is 0 Å². The number of carbonyl (C=O) groups excluding carboxylic acids is 1. The van der Waals surface area contributed by atoms with E-state index in [0.717, 1.165) is 0 Å². The Bertz CT molecular complexity index is 514. The lowest BCUT2D eigenvalue weighted by molar-refractivity contribution is -0.385. The lowest BCUT2D eigenvalue weighted by Gasteiger charge is -2.00. The molecule has 0 aliphatic heterocycles. The Morgan fingerprint density at radius 1 is 1.59 bits per heavy atom. The first-order valence-corrected chi connectivity index (χ1v) is 4.64. The van der Waals surface area contributed by atoms with Gasteiger partial charge in [-0.15, -0.1) is 0 Å². The highest BCUT2D eigenvalue weighted by molar-refractivity contribution is 5.76. The van der Waals surface area contributed by atoms with Crippen molar-refractivity contribution < 1.29 is 14.5 Å². The molecule has 0 saturated carbocycles. The lowest BCUT2D eigenvalue weighted by Crippen LogP contribution is -2.08. The average molecular weight is 234 g/mol. The minimum Gasteiger partial charge on any atom is -0.497 e. The first-order chi connectivity index (χ1) is 8.04. The Labute approximate surface area is 97.5 Å². The molecule has 0 atom stereocenters. The van der Waals surface area contributed by atoms with Crippen molar-refractivity contribution in [1.82, 2.24) is 0 Å². The summed E-state index contributed by atoms with van der Waals surface area (Å²) in [7, 11) is 1.45. The smallest absolute Gasteiger partial charge is 0.285 e. The van der Waals surface area contributed by atoms with E-state index >= 15 is 0 Å². The average Bonchev–Trinajstić information content (AvgIpc) is 2.28. The number of hydrogen-bond acceptors (Lipinski definition) is 4. The van der Waals surface area contributed by atoms with Crippen LogP contribution in [0.1, 0.15) is 12.0 Å². The van der Waals surface area contributed by atoms with Gasteiger partial charge >= 0.3 is 0 Å². The van der Waals surface area contributed by atoms with Crippen LogP contribution in [0.5, 0.6) is 5.75 Å². The molecule has 6 nitrogen and oxygen atoms in total. The van der Waals surface area contributed by atoms with Gasteiger partial charge in [0.05, 0.1) is 18.5 Å². The predicted molar refractivity (Wildman–Crippen MR) is 60.3 cm³/mol. The summed E-state index contributed by atoms with van der Waals surface area (Å²) in [5.41, 5.74) is 4.96. The molecule has 1 amide bonds. The highest BCUT2D eigenvalue weighted by Crippen LogP contribution is 2.22. The van der Waals surface area contributed by atoms with Crippen LogP contribution in [0.4, 0.5) is 5.69 Å². The van der Waals surface area contributed by atoms with Gasteiger partial charge in [0.2, 0.25) is 5.91 Å². The molecule has 0 aliphatic carbocycles. The summed E-state index contributed by atoms with van der Waals surface area (Å²) in [5.74, 6) is 4.87. The number of nitro groups is 1. The molecule has 0 radical (unpaired) electrons. The third kappa shape index (κ3) is 3.50. The van der Waals surface area contributed by atoms with E-state index in [-0.39, 0.29) is 17.7 Å². The van der Waals surface area contributed by atoms with E-state index in [2.05, 4.69) is 11.8 Å². The Kier molecular flexibility index (Phi) is 4.06. The van der Waals surface area contributed by atoms with Crippen molar-refractivity contribution in [3.8, 4) is 17.6 Å². The van der Waals surface area contributed by atoms with E-state index in [4.69, 9.17) is 10.5 Å². The number of primary amides is 1. The zero-order valence-corrected chi connectivity index (χ0v) is 9.10. The van der Waals surface area contributed by atoms with Crippen LogP contribution in [-0.4, -0.2) is 17.9 Å². The lowest BCUT2D eigenvalue weighted by atomic mass is 10.1. The van der Waals surface area contributed by atoms with Crippen molar-refractivity contribution in [2.75, 3.05) is 7.11 Å². The first kappa shape index (κ1) is 12.5. The molecule has 88 valence electrons. The van der Waals surface area contributed by atoms with Gasteiger partial charge in [0.1, 0.15) is 11.3 Å². The fourth-order valence-corrected chi connectivity index (χ4v) is 1.13. The third-order valence-electron chi connectivity index (χ3n) is 1.89. The van der Waals surface area contributed by atoms with E-state index in [9.17, 15) is 14.9 Å². The van der Waals surface area contributed by atoms with Gasteiger partial charge in [-0.05, 0) is 6.07 Å². The number of amides is 1. The highest BCUT2D eigenvalue weighted by Gasteiger charge is 2.12. The van der Waals surface area contributed by atoms with Crippen molar-refractivity contribution in [2.24, 2.45) is 5.73 Å². The van der Waals surface area contributed by atoms with Gasteiger partial charge in [0, 0.05) is 12.1 Å². The molecule has 6 heteroatoms.